The van der Waals surface area contributed by atoms with Gasteiger partial charge in [0.2, 0.25) is 0 Å². The molecular formula is C12H13F3NO4S-. The van der Waals surface area contributed by atoms with Crippen molar-refractivity contribution in [3.05, 3.63) is 29.3 Å². The summed E-state index contributed by atoms with van der Waals surface area (Å²) in [6.07, 6.45) is -4.82. The predicted octanol–water partition coefficient (Wildman–Crippen LogP) is 2.15. The molecule has 0 saturated carbocycles. The number of esters is 1. The van der Waals surface area contributed by atoms with Gasteiger partial charge in [0.15, 0.2) is 0 Å². The molecule has 1 atom stereocenters. The van der Waals surface area contributed by atoms with Gasteiger partial charge in [-0.2, -0.15) is 13.2 Å². The normalized spacial score (nSPS) is 12.9. The van der Waals surface area contributed by atoms with Crippen molar-refractivity contribution in [2.75, 3.05) is 24.4 Å². The van der Waals surface area contributed by atoms with Crippen molar-refractivity contribution in [2.45, 2.75) is 13.1 Å². The summed E-state index contributed by atoms with van der Waals surface area (Å²) in [6, 6.07) is 3.33. The van der Waals surface area contributed by atoms with Gasteiger partial charge in [0.1, 0.15) is 0 Å². The van der Waals surface area contributed by atoms with Crippen molar-refractivity contribution in [1.29, 1.82) is 0 Å². The summed E-state index contributed by atoms with van der Waals surface area (Å²) in [5.41, 5.74) is -2.26. The SMILES string of the molecule is CCOC(=O)c1cccc(N(C)CS(=O)[O-])c1C(F)(F)F. The van der Waals surface area contributed by atoms with Crippen LogP contribution in [0, 0.1) is 0 Å². The van der Waals surface area contributed by atoms with Gasteiger partial charge >= 0.3 is 12.1 Å². The van der Waals surface area contributed by atoms with E-state index in [2.05, 4.69) is 4.74 Å². The molecule has 0 aromatic heterocycles. The summed E-state index contributed by atoms with van der Waals surface area (Å²) >= 11 is -2.56. The maximum Gasteiger partial charge on any atom is 0.419 e. The highest BCUT2D eigenvalue weighted by atomic mass is 32.2. The van der Waals surface area contributed by atoms with Crippen LogP contribution in [0.25, 0.3) is 0 Å². The van der Waals surface area contributed by atoms with Crippen molar-refractivity contribution >= 4 is 22.7 Å². The number of anilines is 1. The Bertz CT molecular complexity index is 548. The Morgan fingerprint density at radius 2 is 2.05 bits per heavy atom. The molecule has 0 aliphatic heterocycles. The highest BCUT2D eigenvalue weighted by molar-refractivity contribution is 7.79. The number of carbonyl (C=O) groups is 1. The first-order valence-electron chi connectivity index (χ1n) is 5.82. The van der Waals surface area contributed by atoms with Crippen LogP contribution >= 0.6 is 0 Å². The van der Waals surface area contributed by atoms with E-state index in [1.165, 1.54) is 20.0 Å². The quantitative estimate of drug-likeness (QED) is 0.613. The van der Waals surface area contributed by atoms with Gasteiger partial charge in [-0.3, -0.25) is 4.21 Å². The zero-order valence-electron chi connectivity index (χ0n) is 11.3. The molecule has 0 aliphatic rings. The lowest BCUT2D eigenvalue weighted by Gasteiger charge is -2.25. The molecule has 0 spiro atoms. The smallest absolute Gasteiger partial charge is 0.419 e. The number of alkyl halides is 3. The largest absolute Gasteiger partial charge is 0.771 e. The molecule has 0 N–H and O–H groups in total. The third kappa shape index (κ3) is 4.43. The summed E-state index contributed by atoms with van der Waals surface area (Å²) in [5.74, 6) is -1.74. The fraction of sp³-hybridized carbons (Fsp3) is 0.417. The van der Waals surface area contributed by atoms with E-state index in [0.717, 1.165) is 17.0 Å². The molecule has 9 heteroatoms. The lowest BCUT2D eigenvalue weighted by atomic mass is 10.0. The average Bonchev–Trinajstić information content (AvgIpc) is 2.36. The minimum atomic E-state index is -4.82. The second-order valence-electron chi connectivity index (χ2n) is 4.05. The van der Waals surface area contributed by atoms with E-state index < -0.39 is 45.9 Å². The molecule has 0 heterocycles. The topological polar surface area (TPSA) is 69.7 Å². The van der Waals surface area contributed by atoms with Gasteiger partial charge in [-0.1, -0.05) is 6.07 Å². The van der Waals surface area contributed by atoms with Crippen LogP contribution in [0.5, 0.6) is 0 Å². The van der Waals surface area contributed by atoms with E-state index in [0.29, 0.717) is 0 Å². The number of halogens is 3. The zero-order chi connectivity index (χ0) is 16.2. The number of hydrogen-bond donors (Lipinski definition) is 0. The maximum absolute atomic E-state index is 13.2. The summed E-state index contributed by atoms with van der Waals surface area (Å²) in [6.45, 7) is 1.41. The molecule has 0 saturated heterocycles. The molecular weight excluding hydrogens is 311 g/mol. The van der Waals surface area contributed by atoms with Gasteiger partial charge in [-0.15, -0.1) is 0 Å². The molecule has 1 rings (SSSR count). The van der Waals surface area contributed by atoms with E-state index in [9.17, 15) is 26.7 Å². The van der Waals surface area contributed by atoms with Gasteiger partial charge < -0.3 is 14.2 Å². The number of carbonyl (C=O) groups excluding carboxylic acids is 1. The van der Waals surface area contributed by atoms with Crippen LogP contribution in [-0.2, 0) is 22.0 Å². The zero-order valence-corrected chi connectivity index (χ0v) is 12.1. The van der Waals surface area contributed by atoms with Crippen molar-refractivity contribution in [2.24, 2.45) is 0 Å². The fourth-order valence-electron chi connectivity index (χ4n) is 1.76. The highest BCUT2D eigenvalue weighted by Crippen LogP contribution is 2.39. The van der Waals surface area contributed by atoms with Crippen LogP contribution in [0.3, 0.4) is 0 Å². The number of ether oxygens (including phenoxy) is 1. The molecule has 1 aromatic carbocycles. The first-order valence-corrected chi connectivity index (χ1v) is 7.07. The molecule has 0 fully saturated rings. The summed E-state index contributed by atoms with van der Waals surface area (Å²) in [5, 5.41) is 0. The van der Waals surface area contributed by atoms with Crippen LogP contribution in [0.2, 0.25) is 0 Å². The van der Waals surface area contributed by atoms with Crippen LogP contribution < -0.4 is 4.90 Å². The number of benzene rings is 1. The van der Waals surface area contributed by atoms with Crippen molar-refractivity contribution < 1.29 is 31.5 Å². The van der Waals surface area contributed by atoms with Crippen LogP contribution in [0.1, 0.15) is 22.8 Å². The van der Waals surface area contributed by atoms with Crippen LogP contribution in [-0.4, -0.2) is 34.3 Å². The Labute approximate surface area is 122 Å². The van der Waals surface area contributed by atoms with Crippen molar-refractivity contribution in [3.8, 4) is 0 Å². The minimum absolute atomic E-state index is 0.0687. The van der Waals surface area contributed by atoms with Crippen molar-refractivity contribution in [1.82, 2.24) is 0 Å². The fourth-order valence-corrected chi connectivity index (χ4v) is 2.22. The van der Waals surface area contributed by atoms with Gasteiger partial charge in [0, 0.05) is 7.05 Å². The molecule has 21 heavy (non-hydrogen) atoms. The molecule has 0 radical (unpaired) electrons. The first kappa shape index (κ1) is 17.4. The molecule has 1 aromatic rings. The molecule has 1 unspecified atom stereocenters. The monoisotopic (exact) mass is 324 g/mol. The van der Waals surface area contributed by atoms with Crippen LogP contribution in [0.4, 0.5) is 18.9 Å². The second kappa shape index (κ2) is 6.90. The van der Waals surface area contributed by atoms with Crippen LogP contribution in [0.15, 0.2) is 18.2 Å². The molecule has 0 amide bonds. The van der Waals surface area contributed by atoms with Gasteiger partial charge in [-0.05, 0) is 30.1 Å². The molecule has 0 bridgehead atoms. The van der Waals surface area contributed by atoms with E-state index in [1.807, 2.05) is 0 Å². The lowest BCUT2D eigenvalue weighted by molar-refractivity contribution is -0.137. The number of rotatable bonds is 5. The first-order chi connectivity index (χ1) is 9.68. The second-order valence-corrected chi connectivity index (χ2v) is 4.91. The van der Waals surface area contributed by atoms with E-state index in [4.69, 9.17) is 0 Å². The number of nitrogens with zero attached hydrogens (tertiary/aromatic N) is 1. The predicted molar refractivity (Wildman–Crippen MR) is 69.6 cm³/mol. The minimum Gasteiger partial charge on any atom is -0.771 e. The Morgan fingerprint density at radius 3 is 2.52 bits per heavy atom. The summed E-state index contributed by atoms with van der Waals surface area (Å²) in [7, 11) is 1.19. The standard InChI is InChI=1S/C12H14F3NO4S/c1-3-20-11(17)8-5-4-6-9(10(8)12(13,14)15)16(2)7-21(18)19/h4-6H,3,7H2,1-2H3,(H,18,19)/p-1. The molecule has 0 aliphatic carbocycles. The van der Waals surface area contributed by atoms with Gasteiger partial charge in [-0.25, -0.2) is 4.79 Å². The highest BCUT2D eigenvalue weighted by Gasteiger charge is 2.39. The third-order valence-electron chi connectivity index (χ3n) is 2.53. The van der Waals surface area contributed by atoms with Gasteiger partial charge in [0.25, 0.3) is 0 Å². The third-order valence-corrected chi connectivity index (χ3v) is 3.13. The maximum atomic E-state index is 13.2. The Morgan fingerprint density at radius 1 is 1.43 bits per heavy atom. The van der Waals surface area contributed by atoms with E-state index >= 15 is 0 Å². The van der Waals surface area contributed by atoms with Crippen molar-refractivity contribution in [3.63, 3.8) is 0 Å². The molecule has 5 nitrogen and oxygen atoms in total. The van der Waals surface area contributed by atoms with E-state index in [-0.39, 0.29) is 6.61 Å². The summed E-state index contributed by atoms with van der Waals surface area (Å²) < 4.78 is 65.6. The van der Waals surface area contributed by atoms with E-state index in [1.54, 1.807) is 0 Å². The number of hydrogen-bond acceptors (Lipinski definition) is 5. The van der Waals surface area contributed by atoms with Gasteiger partial charge in [0.05, 0.1) is 29.3 Å². The lowest BCUT2D eigenvalue weighted by Crippen LogP contribution is -2.26. The Kier molecular flexibility index (Phi) is 5.73. The summed E-state index contributed by atoms with van der Waals surface area (Å²) in [4.78, 5) is 12.5. The Hall–Kier alpha value is -1.61. The average molecular weight is 324 g/mol. The Balaban J connectivity index is 3.41. The molecule has 118 valence electrons.